The molecule has 0 saturated heterocycles. The van der Waals surface area contributed by atoms with Gasteiger partial charge in [0.25, 0.3) is 0 Å². The third-order valence-electron chi connectivity index (χ3n) is 2.37. The highest BCUT2D eigenvalue weighted by Crippen LogP contribution is 1.96. The van der Waals surface area contributed by atoms with Gasteiger partial charge in [-0.05, 0) is 6.07 Å². The first kappa shape index (κ1) is 14.2. The van der Waals surface area contributed by atoms with E-state index in [-0.39, 0.29) is 25.4 Å². The predicted octanol–water partition coefficient (Wildman–Crippen LogP) is -0.121. The molecule has 0 saturated carbocycles. The molecule has 0 fully saturated rings. The van der Waals surface area contributed by atoms with Crippen molar-refractivity contribution in [3.63, 3.8) is 0 Å². The number of amides is 1. The molecule has 100 valence electrons. The topological polar surface area (TPSA) is 93.5 Å². The minimum Gasteiger partial charge on any atom is -0.480 e. The number of hydrogen-bond acceptors (Lipinski definition) is 4. The smallest absolute Gasteiger partial charge is 0.326 e. The third kappa shape index (κ3) is 4.96. The van der Waals surface area contributed by atoms with E-state index in [9.17, 15) is 9.59 Å². The quantitative estimate of drug-likeness (QED) is 0.675. The minimum atomic E-state index is -1.06. The van der Waals surface area contributed by atoms with E-state index in [4.69, 9.17) is 9.84 Å². The van der Waals surface area contributed by atoms with Crippen molar-refractivity contribution in [3.05, 3.63) is 18.5 Å². The van der Waals surface area contributed by atoms with Crippen LogP contribution in [0.3, 0.4) is 0 Å². The molecule has 1 heterocycles. The van der Waals surface area contributed by atoms with E-state index in [1.165, 1.54) is 7.11 Å². The summed E-state index contributed by atoms with van der Waals surface area (Å²) in [6.07, 6.45) is 3.81. The zero-order chi connectivity index (χ0) is 13.4. The van der Waals surface area contributed by atoms with Gasteiger partial charge in [-0.1, -0.05) is 0 Å². The van der Waals surface area contributed by atoms with Gasteiger partial charge in [0.05, 0.1) is 0 Å². The van der Waals surface area contributed by atoms with Gasteiger partial charge in [0.15, 0.2) is 0 Å². The van der Waals surface area contributed by atoms with Crippen LogP contribution in [0.25, 0.3) is 0 Å². The Balaban J connectivity index is 2.34. The first-order valence-electron chi connectivity index (χ1n) is 5.62. The average molecular weight is 255 g/mol. The maximum atomic E-state index is 11.6. The van der Waals surface area contributed by atoms with E-state index in [1.54, 1.807) is 23.1 Å². The molecular formula is C11H17N3O4. The van der Waals surface area contributed by atoms with Gasteiger partial charge in [-0.15, -0.1) is 0 Å². The fraction of sp³-hybridized carbons (Fsp3) is 0.545. The fourth-order valence-electron chi connectivity index (χ4n) is 1.41. The lowest BCUT2D eigenvalue weighted by molar-refractivity contribution is -0.142. The van der Waals surface area contributed by atoms with Crippen molar-refractivity contribution >= 4 is 11.9 Å². The molecule has 1 aromatic heterocycles. The number of aliphatic carboxylic acids is 1. The second-order valence-corrected chi connectivity index (χ2v) is 3.76. The van der Waals surface area contributed by atoms with Crippen LogP contribution in [-0.2, 0) is 20.9 Å². The van der Waals surface area contributed by atoms with Crippen molar-refractivity contribution in [2.45, 2.75) is 25.4 Å². The number of ether oxygens (including phenoxy) is 1. The first-order valence-corrected chi connectivity index (χ1v) is 5.62. The highest BCUT2D eigenvalue weighted by molar-refractivity contribution is 5.83. The van der Waals surface area contributed by atoms with Gasteiger partial charge >= 0.3 is 5.97 Å². The molecule has 0 aromatic carbocycles. The van der Waals surface area contributed by atoms with Crippen LogP contribution in [0, 0.1) is 0 Å². The van der Waals surface area contributed by atoms with Crippen molar-refractivity contribution in [1.29, 1.82) is 0 Å². The largest absolute Gasteiger partial charge is 0.480 e. The van der Waals surface area contributed by atoms with Gasteiger partial charge in [0, 0.05) is 45.5 Å². The Labute approximate surface area is 105 Å². The second-order valence-electron chi connectivity index (χ2n) is 3.76. The average Bonchev–Trinajstić information content (AvgIpc) is 2.84. The summed E-state index contributed by atoms with van der Waals surface area (Å²) in [5.74, 6) is -1.37. The number of methoxy groups -OCH3 is 1. The molecule has 1 aromatic rings. The van der Waals surface area contributed by atoms with Gasteiger partial charge < -0.3 is 15.2 Å². The Kier molecular flexibility index (Phi) is 5.86. The summed E-state index contributed by atoms with van der Waals surface area (Å²) in [5.41, 5.74) is 0. The number of carboxylic acid groups (broad SMARTS) is 1. The molecule has 1 rings (SSSR count). The molecule has 0 aliphatic heterocycles. The molecule has 1 atom stereocenters. The SMILES string of the molecule is COCCC(NC(=O)CCn1cccn1)C(=O)O. The van der Waals surface area contributed by atoms with Gasteiger partial charge in [-0.2, -0.15) is 5.10 Å². The maximum absolute atomic E-state index is 11.6. The molecule has 0 radical (unpaired) electrons. The van der Waals surface area contributed by atoms with E-state index in [0.29, 0.717) is 6.54 Å². The Morgan fingerprint density at radius 1 is 1.56 bits per heavy atom. The number of carbonyl (C=O) groups is 2. The number of nitrogens with zero attached hydrogens (tertiary/aromatic N) is 2. The van der Waals surface area contributed by atoms with E-state index >= 15 is 0 Å². The second kappa shape index (κ2) is 7.44. The Morgan fingerprint density at radius 3 is 2.89 bits per heavy atom. The van der Waals surface area contributed by atoms with Gasteiger partial charge in [-0.25, -0.2) is 4.79 Å². The number of carboxylic acids is 1. The van der Waals surface area contributed by atoms with Crippen LogP contribution >= 0.6 is 0 Å². The van der Waals surface area contributed by atoms with Crippen molar-refractivity contribution in [2.24, 2.45) is 0 Å². The summed E-state index contributed by atoms with van der Waals surface area (Å²) in [6, 6.07) is 0.853. The zero-order valence-corrected chi connectivity index (χ0v) is 10.2. The number of aryl methyl sites for hydroxylation is 1. The molecule has 7 nitrogen and oxygen atoms in total. The molecular weight excluding hydrogens is 238 g/mol. The normalized spacial score (nSPS) is 12.1. The van der Waals surface area contributed by atoms with Crippen LogP contribution in [-0.4, -0.2) is 46.5 Å². The number of nitrogens with one attached hydrogen (secondary N) is 1. The molecule has 18 heavy (non-hydrogen) atoms. The highest BCUT2D eigenvalue weighted by atomic mass is 16.5. The summed E-state index contributed by atoms with van der Waals surface area (Å²) < 4.78 is 6.41. The molecule has 0 aliphatic rings. The molecule has 1 amide bonds. The van der Waals surface area contributed by atoms with E-state index in [1.807, 2.05) is 0 Å². The van der Waals surface area contributed by atoms with E-state index in [2.05, 4.69) is 10.4 Å². The third-order valence-corrected chi connectivity index (χ3v) is 2.37. The summed E-state index contributed by atoms with van der Waals surface area (Å²) in [4.78, 5) is 22.4. The molecule has 0 spiro atoms. The van der Waals surface area contributed by atoms with Gasteiger partial charge in [0.1, 0.15) is 6.04 Å². The Hall–Kier alpha value is -1.89. The summed E-state index contributed by atoms with van der Waals surface area (Å²) in [5, 5.41) is 15.3. The monoisotopic (exact) mass is 255 g/mol. The van der Waals surface area contributed by atoms with Crippen LogP contribution < -0.4 is 5.32 Å². The molecule has 1 unspecified atom stereocenters. The molecule has 7 heteroatoms. The highest BCUT2D eigenvalue weighted by Gasteiger charge is 2.19. The van der Waals surface area contributed by atoms with Crippen LogP contribution in [0.5, 0.6) is 0 Å². The van der Waals surface area contributed by atoms with Gasteiger partial charge in [-0.3, -0.25) is 9.48 Å². The van der Waals surface area contributed by atoms with E-state index in [0.717, 1.165) is 0 Å². The summed E-state index contributed by atoms with van der Waals surface area (Å²) in [7, 11) is 1.48. The lowest BCUT2D eigenvalue weighted by atomic mass is 10.2. The van der Waals surface area contributed by atoms with Crippen molar-refractivity contribution in [1.82, 2.24) is 15.1 Å². The number of hydrogen-bond donors (Lipinski definition) is 2. The van der Waals surface area contributed by atoms with Crippen LogP contribution in [0.15, 0.2) is 18.5 Å². The molecule has 2 N–H and O–H groups in total. The minimum absolute atomic E-state index is 0.193. The first-order chi connectivity index (χ1) is 8.63. The predicted molar refractivity (Wildman–Crippen MR) is 62.9 cm³/mol. The van der Waals surface area contributed by atoms with Crippen molar-refractivity contribution in [3.8, 4) is 0 Å². The fourth-order valence-corrected chi connectivity index (χ4v) is 1.41. The lowest BCUT2D eigenvalue weighted by Gasteiger charge is -2.13. The number of aromatic nitrogens is 2. The van der Waals surface area contributed by atoms with Crippen LogP contribution in [0.4, 0.5) is 0 Å². The van der Waals surface area contributed by atoms with Gasteiger partial charge in [0.2, 0.25) is 5.91 Å². The van der Waals surface area contributed by atoms with Crippen molar-refractivity contribution < 1.29 is 19.4 Å². The zero-order valence-electron chi connectivity index (χ0n) is 10.2. The standard InChI is InChI=1S/C11H17N3O4/c1-18-8-4-9(11(16)17)13-10(15)3-7-14-6-2-5-12-14/h2,5-6,9H,3-4,7-8H2,1H3,(H,13,15)(H,16,17). The summed E-state index contributed by atoms with van der Waals surface area (Å²) >= 11 is 0. The lowest BCUT2D eigenvalue weighted by Crippen LogP contribution is -2.41. The van der Waals surface area contributed by atoms with Crippen molar-refractivity contribution in [2.75, 3.05) is 13.7 Å². The van der Waals surface area contributed by atoms with E-state index < -0.39 is 12.0 Å². The summed E-state index contributed by atoms with van der Waals surface area (Å²) in [6.45, 7) is 0.714. The molecule has 0 aliphatic carbocycles. The maximum Gasteiger partial charge on any atom is 0.326 e. The van der Waals surface area contributed by atoms with Crippen LogP contribution in [0.2, 0.25) is 0 Å². The molecule has 0 bridgehead atoms. The Bertz CT molecular complexity index is 378. The number of rotatable bonds is 8. The number of carbonyl (C=O) groups excluding carboxylic acids is 1. The Morgan fingerprint density at radius 2 is 2.33 bits per heavy atom. The van der Waals surface area contributed by atoms with Crippen LogP contribution in [0.1, 0.15) is 12.8 Å².